The maximum Gasteiger partial charge on any atom is 0.307 e. The van der Waals surface area contributed by atoms with Gasteiger partial charge in [-0.3, -0.25) is 9.59 Å². The lowest BCUT2D eigenvalue weighted by molar-refractivity contribution is -0.142. The highest BCUT2D eigenvalue weighted by Crippen LogP contribution is 2.32. The molecule has 0 radical (unpaired) electrons. The molecule has 1 aromatic carbocycles. The summed E-state index contributed by atoms with van der Waals surface area (Å²) in [7, 11) is 0. The van der Waals surface area contributed by atoms with E-state index in [0.29, 0.717) is 16.5 Å². The zero-order valence-corrected chi connectivity index (χ0v) is 8.82. The van der Waals surface area contributed by atoms with Gasteiger partial charge in [0.15, 0.2) is 6.10 Å². The molecule has 1 aromatic rings. The lowest BCUT2D eigenvalue weighted by Crippen LogP contribution is -2.38. The molecule has 1 atom stereocenters. The summed E-state index contributed by atoms with van der Waals surface area (Å²) in [4.78, 5) is 22.0. The van der Waals surface area contributed by atoms with E-state index < -0.39 is 18.0 Å². The van der Waals surface area contributed by atoms with E-state index in [4.69, 9.17) is 21.4 Å². The molecule has 16 heavy (non-hydrogen) atoms. The number of rotatable bonds is 2. The molecule has 1 heterocycles. The molecular weight excluding hydrogens is 234 g/mol. The minimum atomic E-state index is -1.09. The van der Waals surface area contributed by atoms with Crippen molar-refractivity contribution in [3.8, 4) is 5.75 Å². The number of aliphatic carboxylic acids is 1. The van der Waals surface area contributed by atoms with Crippen molar-refractivity contribution in [2.75, 3.05) is 5.32 Å². The highest BCUT2D eigenvalue weighted by Gasteiger charge is 2.29. The van der Waals surface area contributed by atoms with Crippen LogP contribution in [-0.4, -0.2) is 23.1 Å². The predicted molar refractivity (Wildman–Crippen MR) is 56.8 cm³/mol. The summed E-state index contributed by atoms with van der Waals surface area (Å²) in [6, 6.07) is 4.74. The zero-order chi connectivity index (χ0) is 11.7. The van der Waals surface area contributed by atoms with Crippen molar-refractivity contribution >= 4 is 29.2 Å². The summed E-state index contributed by atoms with van der Waals surface area (Å²) in [6.07, 6.45) is -1.36. The summed E-state index contributed by atoms with van der Waals surface area (Å²) in [5.74, 6) is -1.13. The van der Waals surface area contributed by atoms with Crippen LogP contribution in [0.3, 0.4) is 0 Å². The number of carboxylic acids is 1. The van der Waals surface area contributed by atoms with Gasteiger partial charge >= 0.3 is 5.97 Å². The molecule has 2 rings (SSSR count). The van der Waals surface area contributed by atoms with Gasteiger partial charge in [-0.25, -0.2) is 0 Å². The smallest absolute Gasteiger partial charge is 0.307 e. The SMILES string of the molecule is O=C(O)C[C@@H]1Oc2ccc(Cl)cc2NC1=O. The zero-order valence-electron chi connectivity index (χ0n) is 8.07. The lowest BCUT2D eigenvalue weighted by Gasteiger charge is -2.24. The normalized spacial score (nSPS) is 18.3. The second kappa shape index (κ2) is 4.02. The van der Waals surface area contributed by atoms with Crippen molar-refractivity contribution in [3.05, 3.63) is 23.2 Å². The third-order valence-corrected chi connectivity index (χ3v) is 2.36. The van der Waals surface area contributed by atoms with Crippen LogP contribution in [0.5, 0.6) is 5.75 Å². The lowest BCUT2D eigenvalue weighted by atomic mass is 10.1. The average Bonchev–Trinajstić information content (AvgIpc) is 2.19. The maximum absolute atomic E-state index is 11.5. The molecule has 0 fully saturated rings. The number of hydrogen-bond donors (Lipinski definition) is 2. The molecule has 0 spiro atoms. The first-order valence-electron chi connectivity index (χ1n) is 4.55. The van der Waals surface area contributed by atoms with Crippen LogP contribution in [0.25, 0.3) is 0 Å². The minimum Gasteiger partial charge on any atom is -0.481 e. The molecule has 2 N–H and O–H groups in total. The first kappa shape index (κ1) is 10.8. The average molecular weight is 242 g/mol. The highest BCUT2D eigenvalue weighted by atomic mass is 35.5. The Bertz CT molecular complexity index is 460. The van der Waals surface area contributed by atoms with Gasteiger partial charge in [0.25, 0.3) is 5.91 Å². The summed E-state index contributed by atoms with van der Waals surface area (Å²) < 4.78 is 5.26. The third kappa shape index (κ3) is 2.09. The van der Waals surface area contributed by atoms with Gasteiger partial charge in [0.05, 0.1) is 12.1 Å². The molecule has 0 aliphatic carbocycles. The largest absolute Gasteiger partial charge is 0.481 e. The van der Waals surface area contributed by atoms with Crippen molar-refractivity contribution in [1.82, 2.24) is 0 Å². The highest BCUT2D eigenvalue weighted by molar-refractivity contribution is 6.31. The van der Waals surface area contributed by atoms with E-state index >= 15 is 0 Å². The minimum absolute atomic E-state index is 0.367. The Balaban J connectivity index is 2.25. The molecular formula is C10H8ClNO4. The number of carbonyl (C=O) groups is 2. The monoisotopic (exact) mass is 241 g/mol. The van der Waals surface area contributed by atoms with Crippen LogP contribution in [-0.2, 0) is 9.59 Å². The number of carboxylic acid groups (broad SMARTS) is 1. The third-order valence-electron chi connectivity index (χ3n) is 2.12. The van der Waals surface area contributed by atoms with Gasteiger partial charge in [-0.2, -0.15) is 0 Å². The maximum atomic E-state index is 11.5. The van der Waals surface area contributed by atoms with Gasteiger partial charge in [-0.15, -0.1) is 0 Å². The predicted octanol–water partition coefficient (Wildman–Crippen LogP) is 1.51. The van der Waals surface area contributed by atoms with Gasteiger partial charge in [0, 0.05) is 5.02 Å². The Hall–Kier alpha value is -1.75. The van der Waals surface area contributed by atoms with Crippen molar-refractivity contribution in [3.63, 3.8) is 0 Å². The number of ether oxygens (including phenoxy) is 1. The summed E-state index contributed by atoms with van der Waals surface area (Å²) in [5, 5.41) is 11.6. The number of fused-ring (bicyclic) bond motifs is 1. The number of carbonyl (C=O) groups excluding carboxylic acids is 1. The Kier molecular flexibility index (Phi) is 2.70. The Morgan fingerprint density at radius 2 is 2.31 bits per heavy atom. The molecule has 0 aromatic heterocycles. The second-order valence-corrected chi connectivity index (χ2v) is 3.77. The van der Waals surface area contributed by atoms with Gasteiger partial charge < -0.3 is 15.2 Å². The van der Waals surface area contributed by atoms with Crippen LogP contribution < -0.4 is 10.1 Å². The standard InChI is InChI=1S/C10H8ClNO4/c11-5-1-2-7-6(3-5)12-10(15)8(16-7)4-9(13)14/h1-3,8H,4H2,(H,12,15)(H,13,14)/t8-/m0/s1. The van der Waals surface area contributed by atoms with E-state index in [9.17, 15) is 9.59 Å². The Labute approximate surface area is 96.0 Å². The number of hydrogen-bond acceptors (Lipinski definition) is 3. The van der Waals surface area contributed by atoms with E-state index in [-0.39, 0.29) is 6.42 Å². The summed E-state index contributed by atoms with van der Waals surface area (Å²) in [5.41, 5.74) is 0.458. The number of halogens is 1. The van der Waals surface area contributed by atoms with E-state index in [0.717, 1.165) is 0 Å². The molecule has 0 saturated carbocycles. The van der Waals surface area contributed by atoms with Crippen LogP contribution >= 0.6 is 11.6 Å². The Morgan fingerprint density at radius 3 is 3.00 bits per heavy atom. The van der Waals surface area contributed by atoms with Crippen LogP contribution in [0.2, 0.25) is 5.02 Å². The number of benzene rings is 1. The van der Waals surface area contributed by atoms with Gasteiger partial charge in [0.1, 0.15) is 5.75 Å². The fourth-order valence-electron chi connectivity index (χ4n) is 1.42. The van der Waals surface area contributed by atoms with Crippen LogP contribution in [0.15, 0.2) is 18.2 Å². The first-order valence-corrected chi connectivity index (χ1v) is 4.93. The Morgan fingerprint density at radius 1 is 1.56 bits per heavy atom. The van der Waals surface area contributed by atoms with Crippen molar-refractivity contribution < 1.29 is 19.4 Å². The fraction of sp³-hybridized carbons (Fsp3) is 0.200. The molecule has 0 bridgehead atoms. The molecule has 0 unspecified atom stereocenters. The molecule has 5 nitrogen and oxygen atoms in total. The van der Waals surface area contributed by atoms with E-state index in [1.54, 1.807) is 18.2 Å². The summed E-state index contributed by atoms with van der Waals surface area (Å²) in [6.45, 7) is 0. The molecule has 84 valence electrons. The quantitative estimate of drug-likeness (QED) is 0.823. The summed E-state index contributed by atoms with van der Waals surface area (Å²) >= 11 is 5.74. The topological polar surface area (TPSA) is 75.6 Å². The van der Waals surface area contributed by atoms with Gasteiger partial charge in [0.2, 0.25) is 0 Å². The van der Waals surface area contributed by atoms with E-state index in [1.165, 1.54) is 0 Å². The van der Waals surface area contributed by atoms with E-state index in [1.807, 2.05) is 0 Å². The molecule has 6 heteroatoms. The van der Waals surface area contributed by atoms with Gasteiger partial charge in [-0.1, -0.05) is 11.6 Å². The molecule has 1 amide bonds. The number of nitrogens with one attached hydrogen (secondary N) is 1. The molecule has 1 aliphatic rings. The van der Waals surface area contributed by atoms with Crippen molar-refractivity contribution in [2.24, 2.45) is 0 Å². The second-order valence-electron chi connectivity index (χ2n) is 3.33. The number of amides is 1. The first-order chi connectivity index (χ1) is 7.56. The van der Waals surface area contributed by atoms with Crippen molar-refractivity contribution in [2.45, 2.75) is 12.5 Å². The van der Waals surface area contributed by atoms with Crippen LogP contribution in [0.4, 0.5) is 5.69 Å². The van der Waals surface area contributed by atoms with Gasteiger partial charge in [-0.05, 0) is 18.2 Å². The van der Waals surface area contributed by atoms with Crippen molar-refractivity contribution in [1.29, 1.82) is 0 Å². The molecule has 0 saturated heterocycles. The van der Waals surface area contributed by atoms with Crippen LogP contribution in [0, 0.1) is 0 Å². The van der Waals surface area contributed by atoms with Crippen LogP contribution in [0.1, 0.15) is 6.42 Å². The fourth-order valence-corrected chi connectivity index (χ4v) is 1.59. The molecule has 1 aliphatic heterocycles. The number of anilines is 1. The van der Waals surface area contributed by atoms with E-state index in [2.05, 4.69) is 5.32 Å².